The second-order valence-electron chi connectivity index (χ2n) is 5.84. The molecule has 0 bridgehead atoms. The van der Waals surface area contributed by atoms with Gasteiger partial charge in [-0.3, -0.25) is 9.59 Å². The van der Waals surface area contributed by atoms with Gasteiger partial charge in [0.1, 0.15) is 0 Å². The Bertz CT molecular complexity index is 808. The summed E-state index contributed by atoms with van der Waals surface area (Å²) in [5, 5.41) is 4.48. The van der Waals surface area contributed by atoms with Crippen molar-refractivity contribution in [3.63, 3.8) is 0 Å². The summed E-state index contributed by atoms with van der Waals surface area (Å²) < 4.78 is 0. The van der Waals surface area contributed by atoms with E-state index in [-0.39, 0.29) is 18.2 Å². The third-order valence-electron chi connectivity index (χ3n) is 4.10. The maximum atomic E-state index is 12.4. The lowest BCUT2D eigenvalue weighted by Gasteiger charge is -2.17. The molecule has 1 unspecified atom stereocenters. The Labute approximate surface area is 160 Å². The van der Waals surface area contributed by atoms with Crippen molar-refractivity contribution in [2.45, 2.75) is 13.0 Å². The van der Waals surface area contributed by atoms with Gasteiger partial charge in [0, 0.05) is 40.3 Å². The van der Waals surface area contributed by atoms with Crippen molar-refractivity contribution in [2.24, 2.45) is 5.92 Å². The molecular formula is C18H15Cl3N2O2. The molecule has 25 heavy (non-hydrogen) atoms. The molecule has 0 radical (unpaired) electrons. The molecule has 7 heteroatoms. The molecule has 130 valence electrons. The number of rotatable bonds is 4. The fraction of sp³-hybridized carbons (Fsp3) is 0.222. The summed E-state index contributed by atoms with van der Waals surface area (Å²) in [7, 11) is 0. The van der Waals surface area contributed by atoms with Crippen LogP contribution in [0, 0.1) is 5.92 Å². The normalized spacial score (nSPS) is 17.0. The summed E-state index contributed by atoms with van der Waals surface area (Å²) in [6, 6.07) is 12.1. The van der Waals surface area contributed by atoms with E-state index in [9.17, 15) is 9.59 Å². The number of carbonyl (C=O) groups excluding carboxylic acids is 2. The first kappa shape index (κ1) is 18.1. The number of halogens is 3. The van der Waals surface area contributed by atoms with Gasteiger partial charge in [0.15, 0.2) is 0 Å². The number of nitrogens with zero attached hydrogens (tertiary/aromatic N) is 1. The molecule has 2 aromatic carbocycles. The molecule has 0 spiro atoms. The highest BCUT2D eigenvalue weighted by Crippen LogP contribution is 2.27. The number of amides is 2. The number of hydrogen-bond donors (Lipinski definition) is 1. The monoisotopic (exact) mass is 396 g/mol. The van der Waals surface area contributed by atoms with Gasteiger partial charge in [-0.05, 0) is 42.0 Å². The average molecular weight is 398 g/mol. The predicted octanol–water partition coefficient (Wildman–Crippen LogP) is 4.32. The van der Waals surface area contributed by atoms with Crippen LogP contribution in [0.4, 0.5) is 5.69 Å². The van der Waals surface area contributed by atoms with Crippen LogP contribution in [-0.2, 0) is 16.1 Å². The Morgan fingerprint density at radius 3 is 2.44 bits per heavy atom. The first-order chi connectivity index (χ1) is 11.9. The highest BCUT2D eigenvalue weighted by molar-refractivity contribution is 6.35. The molecule has 1 fully saturated rings. The van der Waals surface area contributed by atoms with Gasteiger partial charge in [-0.1, -0.05) is 40.9 Å². The SMILES string of the molecule is O=C(NCc1ccc(Cl)cc1Cl)C1CC(=O)N(c2ccc(Cl)cc2)C1. The largest absolute Gasteiger partial charge is 0.352 e. The smallest absolute Gasteiger partial charge is 0.227 e. The third-order valence-corrected chi connectivity index (χ3v) is 4.94. The summed E-state index contributed by atoms with van der Waals surface area (Å²) in [5.41, 5.74) is 1.52. The lowest BCUT2D eigenvalue weighted by atomic mass is 10.1. The van der Waals surface area contributed by atoms with Crippen molar-refractivity contribution in [1.82, 2.24) is 5.32 Å². The molecular weight excluding hydrogens is 383 g/mol. The highest BCUT2D eigenvalue weighted by Gasteiger charge is 2.35. The van der Waals surface area contributed by atoms with Crippen LogP contribution in [0.1, 0.15) is 12.0 Å². The molecule has 2 amide bonds. The number of anilines is 1. The molecule has 1 aliphatic rings. The van der Waals surface area contributed by atoms with Crippen LogP contribution in [0.5, 0.6) is 0 Å². The zero-order valence-electron chi connectivity index (χ0n) is 13.1. The van der Waals surface area contributed by atoms with Gasteiger partial charge >= 0.3 is 0 Å². The molecule has 1 saturated heterocycles. The van der Waals surface area contributed by atoms with Gasteiger partial charge in [0.25, 0.3) is 0 Å². The van der Waals surface area contributed by atoms with Crippen molar-refractivity contribution < 1.29 is 9.59 Å². The fourth-order valence-corrected chi connectivity index (χ4v) is 3.35. The van der Waals surface area contributed by atoms with Crippen LogP contribution in [0.15, 0.2) is 42.5 Å². The van der Waals surface area contributed by atoms with E-state index >= 15 is 0 Å². The Balaban J connectivity index is 1.61. The molecule has 3 rings (SSSR count). The van der Waals surface area contributed by atoms with E-state index in [4.69, 9.17) is 34.8 Å². The van der Waals surface area contributed by atoms with E-state index < -0.39 is 5.92 Å². The summed E-state index contributed by atoms with van der Waals surface area (Å²) in [5.74, 6) is -0.642. The lowest BCUT2D eigenvalue weighted by Crippen LogP contribution is -2.32. The Kier molecular flexibility index (Phi) is 5.52. The van der Waals surface area contributed by atoms with Crippen LogP contribution in [-0.4, -0.2) is 18.4 Å². The molecule has 1 aliphatic heterocycles. The van der Waals surface area contributed by atoms with Crippen molar-refractivity contribution in [2.75, 3.05) is 11.4 Å². The first-order valence-electron chi connectivity index (χ1n) is 7.71. The summed E-state index contributed by atoms with van der Waals surface area (Å²) in [6.45, 7) is 0.640. The highest BCUT2D eigenvalue weighted by atomic mass is 35.5. The van der Waals surface area contributed by atoms with Gasteiger partial charge in [-0.15, -0.1) is 0 Å². The van der Waals surface area contributed by atoms with E-state index in [0.717, 1.165) is 11.3 Å². The topological polar surface area (TPSA) is 49.4 Å². The molecule has 4 nitrogen and oxygen atoms in total. The van der Waals surface area contributed by atoms with Gasteiger partial charge < -0.3 is 10.2 Å². The summed E-state index contributed by atoms with van der Waals surface area (Å²) in [4.78, 5) is 26.2. The van der Waals surface area contributed by atoms with Crippen LogP contribution < -0.4 is 10.2 Å². The van der Waals surface area contributed by atoms with Crippen molar-refractivity contribution in [1.29, 1.82) is 0 Å². The maximum Gasteiger partial charge on any atom is 0.227 e. The molecule has 1 atom stereocenters. The quantitative estimate of drug-likeness (QED) is 0.835. The van der Waals surface area contributed by atoms with E-state index in [2.05, 4.69) is 5.32 Å². The minimum atomic E-state index is -0.394. The van der Waals surface area contributed by atoms with E-state index in [1.165, 1.54) is 0 Å². The lowest BCUT2D eigenvalue weighted by molar-refractivity contribution is -0.126. The Morgan fingerprint density at radius 2 is 1.76 bits per heavy atom. The van der Waals surface area contributed by atoms with Crippen LogP contribution in [0.2, 0.25) is 15.1 Å². The van der Waals surface area contributed by atoms with E-state index in [1.54, 1.807) is 47.4 Å². The number of nitrogens with one attached hydrogen (secondary N) is 1. The number of carbonyl (C=O) groups is 2. The zero-order chi connectivity index (χ0) is 18.0. The molecule has 0 saturated carbocycles. The minimum absolute atomic E-state index is 0.0769. The van der Waals surface area contributed by atoms with Gasteiger partial charge in [-0.25, -0.2) is 0 Å². The first-order valence-corrected chi connectivity index (χ1v) is 8.85. The van der Waals surface area contributed by atoms with Gasteiger partial charge in [0.05, 0.1) is 5.92 Å². The molecule has 2 aromatic rings. The zero-order valence-corrected chi connectivity index (χ0v) is 15.4. The van der Waals surface area contributed by atoms with Crippen LogP contribution in [0.25, 0.3) is 0 Å². The molecule has 0 aromatic heterocycles. The second kappa shape index (κ2) is 7.65. The second-order valence-corrected chi connectivity index (χ2v) is 7.12. The van der Waals surface area contributed by atoms with E-state index in [1.807, 2.05) is 0 Å². The number of benzene rings is 2. The standard InChI is InChI=1S/C18H15Cl3N2O2/c19-13-3-5-15(6-4-13)23-10-12(7-17(23)24)18(25)22-9-11-1-2-14(20)8-16(11)21/h1-6,8,12H,7,9-10H2,(H,22,25). The van der Waals surface area contributed by atoms with Crippen molar-refractivity contribution >= 4 is 52.3 Å². The van der Waals surface area contributed by atoms with Crippen LogP contribution in [0.3, 0.4) is 0 Å². The molecule has 1 N–H and O–H groups in total. The summed E-state index contributed by atoms with van der Waals surface area (Å²) in [6.07, 6.45) is 0.183. The maximum absolute atomic E-state index is 12.4. The van der Waals surface area contributed by atoms with E-state index in [0.29, 0.717) is 28.2 Å². The molecule has 1 heterocycles. The average Bonchev–Trinajstić information content (AvgIpc) is 2.96. The van der Waals surface area contributed by atoms with Crippen molar-refractivity contribution in [3.05, 3.63) is 63.1 Å². The minimum Gasteiger partial charge on any atom is -0.352 e. The predicted molar refractivity (Wildman–Crippen MR) is 100 cm³/mol. The third kappa shape index (κ3) is 4.27. The van der Waals surface area contributed by atoms with Gasteiger partial charge in [-0.2, -0.15) is 0 Å². The number of hydrogen-bond acceptors (Lipinski definition) is 2. The fourth-order valence-electron chi connectivity index (χ4n) is 2.75. The molecule has 0 aliphatic carbocycles. The van der Waals surface area contributed by atoms with Crippen molar-refractivity contribution in [3.8, 4) is 0 Å². The Morgan fingerprint density at radius 1 is 1.08 bits per heavy atom. The Hall–Kier alpha value is -1.75. The van der Waals surface area contributed by atoms with Crippen LogP contribution >= 0.6 is 34.8 Å². The van der Waals surface area contributed by atoms with Gasteiger partial charge in [0.2, 0.25) is 11.8 Å². The summed E-state index contributed by atoms with van der Waals surface area (Å²) >= 11 is 17.8.